The van der Waals surface area contributed by atoms with E-state index in [0.29, 0.717) is 28.8 Å². The number of amidine groups is 1. The Morgan fingerprint density at radius 3 is 2.72 bits per heavy atom. The van der Waals surface area contributed by atoms with E-state index in [1.165, 1.54) is 11.8 Å². The highest BCUT2D eigenvalue weighted by Crippen LogP contribution is 2.39. The van der Waals surface area contributed by atoms with Gasteiger partial charge in [0, 0.05) is 17.4 Å². The van der Waals surface area contributed by atoms with Crippen molar-refractivity contribution >= 4 is 32.7 Å². The van der Waals surface area contributed by atoms with Crippen molar-refractivity contribution in [3.8, 4) is 11.5 Å². The predicted octanol–water partition coefficient (Wildman–Crippen LogP) is 2.33. The fourth-order valence-electron chi connectivity index (χ4n) is 3.78. The number of fused-ring (bicyclic) bond motifs is 2. The Balaban J connectivity index is 1.45. The first-order valence-corrected chi connectivity index (χ1v) is 11.9. The maximum atomic E-state index is 12.8. The topological polar surface area (TPSA) is 85.3 Å². The van der Waals surface area contributed by atoms with Crippen LogP contribution in [-0.4, -0.2) is 54.0 Å². The highest BCUT2D eigenvalue weighted by molar-refractivity contribution is 8.15. The number of carbonyl (C=O) groups is 1. The molecule has 0 radical (unpaired) electrons. The van der Waals surface area contributed by atoms with Crippen LogP contribution in [0.25, 0.3) is 0 Å². The van der Waals surface area contributed by atoms with Crippen molar-refractivity contribution in [3.05, 3.63) is 59.7 Å². The number of hydrogen-bond donors (Lipinski definition) is 0. The van der Waals surface area contributed by atoms with Crippen LogP contribution in [0.1, 0.15) is 15.9 Å². The van der Waals surface area contributed by atoms with E-state index in [0.717, 1.165) is 5.56 Å². The van der Waals surface area contributed by atoms with Gasteiger partial charge in [0.1, 0.15) is 0 Å². The summed E-state index contributed by atoms with van der Waals surface area (Å²) in [6, 6.07) is 14.6. The second kappa shape index (κ2) is 7.07. The highest BCUT2D eigenvalue weighted by Gasteiger charge is 2.48. The largest absolute Gasteiger partial charge is 0.454 e. The maximum absolute atomic E-state index is 12.8. The Labute approximate surface area is 172 Å². The molecule has 7 nitrogen and oxygen atoms in total. The molecule has 0 unspecified atom stereocenters. The molecule has 3 heterocycles. The zero-order valence-corrected chi connectivity index (χ0v) is 17.0. The van der Waals surface area contributed by atoms with Crippen molar-refractivity contribution in [2.75, 3.05) is 18.3 Å². The summed E-state index contributed by atoms with van der Waals surface area (Å²) < 4.78 is 34.9. The van der Waals surface area contributed by atoms with E-state index in [-0.39, 0.29) is 35.5 Å². The maximum Gasteiger partial charge on any atom is 0.279 e. The van der Waals surface area contributed by atoms with Crippen LogP contribution in [0.4, 0.5) is 0 Å². The lowest BCUT2D eigenvalue weighted by Crippen LogP contribution is -2.37. The third-order valence-electron chi connectivity index (χ3n) is 5.19. The van der Waals surface area contributed by atoms with Crippen molar-refractivity contribution in [1.29, 1.82) is 0 Å². The van der Waals surface area contributed by atoms with Crippen LogP contribution in [-0.2, 0) is 16.4 Å². The molecule has 2 atom stereocenters. The van der Waals surface area contributed by atoms with Gasteiger partial charge in [0.05, 0.1) is 17.5 Å². The van der Waals surface area contributed by atoms with Gasteiger partial charge in [-0.2, -0.15) is 4.99 Å². The van der Waals surface area contributed by atoms with Gasteiger partial charge in [-0.25, -0.2) is 8.42 Å². The first-order valence-electron chi connectivity index (χ1n) is 9.19. The molecule has 2 aromatic rings. The third kappa shape index (κ3) is 3.60. The molecule has 5 rings (SSSR count). The van der Waals surface area contributed by atoms with Crippen molar-refractivity contribution in [2.45, 2.75) is 17.8 Å². The van der Waals surface area contributed by atoms with Gasteiger partial charge in [0.25, 0.3) is 5.91 Å². The van der Waals surface area contributed by atoms with Crippen LogP contribution >= 0.6 is 11.8 Å². The van der Waals surface area contributed by atoms with Crippen molar-refractivity contribution in [3.63, 3.8) is 0 Å². The standard InChI is InChI=1S/C20H18N2O5S2/c23-19(14-6-7-16-17(8-14)27-12-26-16)21-20-22(9-13-4-2-1-3-5-13)15-10-29(24,25)11-18(15)28-20/h1-8,15,18H,9-12H2/t15-,18-/m1/s1. The lowest BCUT2D eigenvalue weighted by atomic mass is 10.1. The Morgan fingerprint density at radius 2 is 1.90 bits per heavy atom. The number of ether oxygens (including phenoxy) is 2. The summed E-state index contributed by atoms with van der Waals surface area (Å²) in [5.41, 5.74) is 1.45. The molecule has 3 aliphatic heterocycles. The summed E-state index contributed by atoms with van der Waals surface area (Å²) in [4.78, 5) is 19.1. The lowest BCUT2D eigenvalue weighted by Gasteiger charge is -2.24. The van der Waals surface area contributed by atoms with E-state index in [1.807, 2.05) is 35.2 Å². The number of aliphatic imine (C=N–C) groups is 1. The summed E-state index contributed by atoms with van der Waals surface area (Å²) in [7, 11) is -3.07. The van der Waals surface area contributed by atoms with E-state index in [2.05, 4.69) is 4.99 Å². The van der Waals surface area contributed by atoms with Gasteiger partial charge >= 0.3 is 0 Å². The number of rotatable bonds is 3. The first-order chi connectivity index (χ1) is 14.0. The Bertz CT molecular complexity index is 1100. The average Bonchev–Trinajstić information content (AvgIpc) is 3.36. The summed E-state index contributed by atoms with van der Waals surface area (Å²) in [5, 5.41) is 0.466. The number of benzene rings is 2. The first kappa shape index (κ1) is 18.5. The van der Waals surface area contributed by atoms with Crippen LogP contribution in [0.15, 0.2) is 53.5 Å². The molecule has 2 saturated heterocycles. The van der Waals surface area contributed by atoms with E-state index < -0.39 is 9.84 Å². The highest BCUT2D eigenvalue weighted by atomic mass is 32.2. The molecule has 2 fully saturated rings. The van der Waals surface area contributed by atoms with Crippen LogP contribution in [0.3, 0.4) is 0 Å². The summed E-state index contributed by atoms with van der Waals surface area (Å²) in [6.07, 6.45) is 0. The molecular formula is C20H18N2O5S2. The fourth-order valence-corrected chi connectivity index (χ4v) is 7.73. The second-order valence-corrected chi connectivity index (χ2v) is 10.5. The molecule has 0 saturated carbocycles. The Morgan fingerprint density at radius 1 is 1.10 bits per heavy atom. The fraction of sp³-hybridized carbons (Fsp3) is 0.300. The molecule has 3 aliphatic rings. The predicted molar refractivity (Wildman–Crippen MR) is 110 cm³/mol. The summed E-state index contributed by atoms with van der Waals surface area (Å²) in [6.45, 7) is 0.651. The molecular weight excluding hydrogens is 412 g/mol. The number of nitrogens with zero attached hydrogens (tertiary/aromatic N) is 2. The molecule has 29 heavy (non-hydrogen) atoms. The van der Waals surface area contributed by atoms with Gasteiger partial charge in [0.2, 0.25) is 6.79 Å². The zero-order chi connectivity index (χ0) is 20.0. The molecule has 9 heteroatoms. The van der Waals surface area contributed by atoms with Crippen LogP contribution in [0.2, 0.25) is 0 Å². The molecule has 2 aromatic carbocycles. The van der Waals surface area contributed by atoms with Gasteiger partial charge in [-0.05, 0) is 23.8 Å². The van der Waals surface area contributed by atoms with Gasteiger partial charge in [-0.3, -0.25) is 4.79 Å². The lowest BCUT2D eigenvalue weighted by molar-refractivity contribution is 0.100. The van der Waals surface area contributed by atoms with Crippen LogP contribution in [0, 0.1) is 0 Å². The van der Waals surface area contributed by atoms with E-state index in [4.69, 9.17) is 9.47 Å². The quantitative estimate of drug-likeness (QED) is 0.739. The van der Waals surface area contributed by atoms with Gasteiger partial charge in [0.15, 0.2) is 26.5 Å². The van der Waals surface area contributed by atoms with Gasteiger partial charge in [-0.15, -0.1) is 0 Å². The Kier molecular flexibility index (Phi) is 4.51. The second-order valence-electron chi connectivity index (χ2n) is 7.18. The monoisotopic (exact) mass is 430 g/mol. The number of hydrogen-bond acceptors (Lipinski definition) is 6. The van der Waals surface area contributed by atoms with Gasteiger partial charge < -0.3 is 14.4 Å². The smallest absolute Gasteiger partial charge is 0.279 e. The number of thioether (sulfide) groups is 1. The normalized spacial score (nSPS) is 25.4. The van der Waals surface area contributed by atoms with Crippen LogP contribution in [0.5, 0.6) is 11.5 Å². The van der Waals surface area contributed by atoms with E-state index in [9.17, 15) is 13.2 Å². The Hall–Kier alpha value is -2.52. The third-order valence-corrected chi connectivity index (χ3v) is 8.43. The minimum absolute atomic E-state index is 0.0920. The summed E-state index contributed by atoms with van der Waals surface area (Å²) in [5.74, 6) is 0.959. The molecule has 0 N–H and O–H groups in total. The van der Waals surface area contributed by atoms with E-state index >= 15 is 0 Å². The number of amides is 1. The molecule has 0 spiro atoms. The average molecular weight is 431 g/mol. The van der Waals surface area contributed by atoms with Crippen molar-refractivity contribution < 1.29 is 22.7 Å². The SMILES string of the molecule is O=C(N=C1S[C@@H]2CS(=O)(=O)C[C@H]2N1Cc1ccccc1)c1ccc2c(c1)OCO2. The van der Waals surface area contributed by atoms with Crippen LogP contribution < -0.4 is 9.47 Å². The zero-order valence-electron chi connectivity index (χ0n) is 15.4. The van der Waals surface area contributed by atoms with Gasteiger partial charge in [-0.1, -0.05) is 42.1 Å². The summed E-state index contributed by atoms with van der Waals surface area (Å²) >= 11 is 1.38. The van der Waals surface area contributed by atoms with Crippen molar-refractivity contribution in [1.82, 2.24) is 4.90 Å². The number of carbonyl (C=O) groups excluding carboxylic acids is 1. The number of sulfone groups is 1. The molecule has 0 aliphatic carbocycles. The molecule has 1 amide bonds. The molecule has 0 bridgehead atoms. The van der Waals surface area contributed by atoms with Crippen molar-refractivity contribution in [2.24, 2.45) is 4.99 Å². The van der Waals surface area contributed by atoms with E-state index in [1.54, 1.807) is 18.2 Å². The molecule has 0 aromatic heterocycles. The minimum atomic E-state index is -3.07. The molecule has 150 valence electrons. The minimum Gasteiger partial charge on any atom is -0.454 e.